The molecule has 2 fully saturated rings. The molecule has 1 aromatic rings. The minimum absolute atomic E-state index is 0.0790. The summed E-state index contributed by atoms with van der Waals surface area (Å²) < 4.78 is 0. The van der Waals surface area contributed by atoms with Crippen molar-refractivity contribution in [3.05, 3.63) is 15.8 Å². The van der Waals surface area contributed by atoms with E-state index < -0.39 is 12.0 Å². The van der Waals surface area contributed by atoms with E-state index in [1.165, 1.54) is 4.90 Å². The lowest BCUT2D eigenvalue weighted by molar-refractivity contribution is -0.134. The fourth-order valence-electron chi connectivity index (χ4n) is 4.55. The lowest BCUT2D eigenvalue weighted by Gasteiger charge is -2.36. The largest absolute Gasteiger partial charge is 0.477 e. The van der Waals surface area contributed by atoms with Crippen molar-refractivity contribution in [3.8, 4) is 11.8 Å². The van der Waals surface area contributed by atoms with Gasteiger partial charge in [-0.05, 0) is 56.9 Å². The molecule has 0 radical (unpaired) electrons. The van der Waals surface area contributed by atoms with Gasteiger partial charge in [-0.2, -0.15) is 0 Å². The number of nitrogens with zero attached hydrogens (tertiary/aromatic N) is 2. The van der Waals surface area contributed by atoms with Crippen LogP contribution in [0.3, 0.4) is 0 Å². The number of likely N-dealkylation sites (N-methyl/N-ethyl adjacent to an activating group) is 1. The maximum Gasteiger partial charge on any atom is 0.348 e. The number of amides is 2. The van der Waals surface area contributed by atoms with Gasteiger partial charge in [0.25, 0.3) is 0 Å². The first kappa shape index (κ1) is 24.3. The van der Waals surface area contributed by atoms with Crippen molar-refractivity contribution in [2.45, 2.75) is 71.8 Å². The third kappa shape index (κ3) is 5.53. The van der Waals surface area contributed by atoms with Crippen LogP contribution in [-0.4, -0.2) is 47.4 Å². The summed E-state index contributed by atoms with van der Waals surface area (Å²) in [5.74, 6) is 5.35. The van der Waals surface area contributed by atoms with E-state index in [0.29, 0.717) is 29.4 Å². The summed E-state index contributed by atoms with van der Waals surface area (Å²) in [5.41, 5.74) is 0.327. The Balaban J connectivity index is 2.08. The van der Waals surface area contributed by atoms with Gasteiger partial charge >= 0.3 is 5.97 Å². The maximum absolute atomic E-state index is 13.9. The third-order valence-electron chi connectivity index (χ3n) is 6.45. The normalized spacial score (nSPS) is 24.0. The number of hydrogen-bond acceptors (Lipinski definition) is 4. The third-order valence-corrected chi connectivity index (χ3v) is 7.47. The highest BCUT2D eigenvalue weighted by molar-refractivity contribution is 7.15. The molecule has 2 aliphatic rings. The minimum Gasteiger partial charge on any atom is -0.477 e. The van der Waals surface area contributed by atoms with E-state index in [9.17, 15) is 19.5 Å². The number of carboxylic acids is 1. The van der Waals surface area contributed by atoms with Crippen molar-refractivity contribution in [2.24, 2.45) is 17.8 Å². The molecule has 0 bridgehead atoms. The Hall–Kier alpha value is -2.33. The molecule has 1 atom stereocenters. The van der Waals surface area contributed by atoms with Crippen molar-refractivity contribution < 1.29 is 19.5 Å². The number of carbonyl (C=O) groups excluding carboxylic acids is 2. The fourth-order valence-corrected chi connectivity index (χ4v) is 5.40. The number of anilines is 1. The van der Waals surface area contributed by atoms with Gasteiger partial charge in [0.1, 0.15) is 10.9 Å². The molecule has 0 unspecified atom stereocenters. The molecule has 2 amide bonds. The first-order valence-electron chi connectivity index (χ1n) is 11.7. The Labute approximate surface area is 195 Å². The number of carboxylic acid groups (broad SMARTS) is 1. The van der Waals surface area contributed by atoms with E-state index in [4.69, 9.17) is 0 Å². The Kier molecular flexibility index (Phi) is 8.00. The van der Waals surface area contributed by atoms with Crippen LogP contribution < -0.4 is 4.90 Å². The van der Waals surface area contributed by atoms with Crippen LogP contribution in [0.2, 0.25) is 0 Å². The molecule has 1 aromatic heterocycles. The number of carbonyl (C=O) groups is 3. The van der Waals surface area contributed by atoms with Gasteiger partial charge in [-0.1, -0.05) is 32.6 Å². The van der Waals surface area contributed by atoms with Crippen molar-refractivity contribution in [3.63, 3.8) is 0 Å². The second-order valence-electron chi connectivity index (χ2n) is 9.49. The zero-order chi connectivity index (χ0) is 23.4. The molecule has 0 spiro atoms. The van der Waals surface area contributed by atoms with Crippen molar-refractivity contribution in [1.29, 1.82) is 0 Å². The summed E-state index contributed by atoms with van der Waals surface area (Å²) >= 11 is 1.08. The highest BCUT2D eigenvalue weighted by atomic mass is 32.1. The number of thiophene rings is 1. The van der Waals surface area contributed by atoms with Crippen LogP contribution >= 0.6 is 11.3 Å². The molecule has 174 valence electrons. The summed E-state index contributed by atoms with van der Waals surface area (Å²) in [6.07, 6.45) is 5.74. The van der Waals surface area contributed by atoms with Crippen LogP contribution in [-0.2, 0) is 9.59 Å². The summed E-state index contributed by atoms with van der Waals surface area (Å²) in [4.78, 5) is 43.2. The standard InChI is InChI=1S/C25H34N2O4S/c1-16(2)8-13-19-15-21(22(32-19)25(30)31)27(20-7-5-6-14-26(4)24(20)29)23(28)18-11-9-17(3)10-12-18/h15-18,20H,5-7,9-12,14H2,1-4H3,(H,30,31)/t17?,18?,20-/m0/s1. The van der Waals surface area contributed by atoms with E-state index in [1.807, 2.05) is 13.8 Å². The Morgan fingerprint density at radius 2 is 1.88 bits per heavy atom. The van der Waals surface area contributed by atoms with Crippen LogP contribution in [0, 0.1) is 29.6 Å². The first-order valence-corrected chi connectivity index (χ1v) is 12.5. The molecule has 32 heavy (non-hydrogen) atoms. The average Bonchev–Trinajstić information content (AvgIpc) is 3.10. The van der Waals surface area contributed by atoms with E-state index in [0.717, 1.165) is 49.9 Å². The number of aromatic carboxylic acids is 1. The smallest absolute Gasteiger partial charge is 0.348 e. The molecule has 0 aromatic carbocycles. The quantitative estimate of drug-likeness (QED) is 0.668. The van der Waals surface area contributed by atoms with Gasteiger partial charge in [0.05, 0.1) is 10.6 Å². The lowest BCUT2D eigenvalue weighted by atomic mass is 9.82. The number of rotatable bonds is 4. The highest BCUT2D eigenvalue weighted by Gasteiger charge is 2.40. The molecule has 7 heteroatoms. The van der Waals surface area contributed by atoms with Crippen molar-refractivity contribution in [2.75, 3.05) is 18.5 Å². The van der Waals surface area contributed by atoms with Crippen LogP contribution in [0.25, 0.3) is 0 Å². The molecule has 1 aliphatic carbocycles. The average molecular weight is 459 g/mol. The highest BCUT2D eigenvalue weighted by Crippen LogP contribution is 2.37. The maximum atomic E-state index is 13.9. The molecular formula is C25H34N2O4S. The molecule has 1 saturated heterocycles. The van der Waals surface area contributed by atoms with Gasteiger partial charge in [0, 0.05) is 25.4 Å². The van der Waals surface area contributed by atoms with Gasteiger partial charge in [0.15, 0.2) is 0 Å². The van der Waals surface area contributed by atoms with Gasteiger partial charge in [-0.3, -0.25) is 14.5 Å². The Bertz CT molecular complexity index is 918. The second kappa shape index (κ2) is 10.5. The Morgan fingerprint density at radius 1 is 1.19 bits per heavy atom. The van der Waals surface area contributed by atoms with Crippen molar-refractivity contribution in [1.82, 2.24) is 4.90 Å². The van der Waals surface area contributed by atoms with E-state index in [2.05, 4.69) is 18.8 Å². The summed E-state index contributed by atoms with van der Waals surface area (Å²) in [7, 11) is 1.76. The summed E-state index contributed by atoms with van der Waals surface area (Å²) in [6, 6.07) is 1.03. The van der Waals surface area contributed by atoms with E-state index in [1.54, 1.807) is 18.0 Å². The molecule has 1 N–H and O–H groups in total. The minimum atomic E-state index is -1.09. The van der Waals surface area contributed by atoms with Crippen LogP contribution in [0.4, 0.5) is 5.69 Å². The topological polar surface area (TPSA) is 77.9 Å². The number of likely N-dealkylation sites (tertiary alicyclic amines) is 1. The zero-order valence-corrected chi connectivity index (χ0v) is 20.3. The first-order chi connectivity index (χ1) is 15.2. The van der Waals surface area contributed by atoms with Gasteiger partial charge in [-0.15, -0.1) is 11.3 Å². The summed E-state index contributed by atoms with van der Waals surface area (Å²) in [6.45, 7) is 6.79. The van der Waals surface area contributed by atoms with E-state index in [-0.39, 0.29) is 28.5 Å². The van der Waals surface area contributed by atoms with Crippen LogP contribution in [0.1, 0.15) is 80.3 Å². The molecule has 3 rings (SSSR count). The lowest BCUT2D eigenvalue weighted by Crippen LogP contribution is -2.51. The molecule has 6 nitrogen and oxygen atoms in total. The monoisotopic (exact) mass is 458 g/mol. The zero-order valence-electron chi connectivity index (χ0n) is 19.5. The SMILES string of the molecule is CC(C)C#Cc1cc(N(C(=O)C2CCC(C)CC2)[C@H]2CCCCN(C)C2=O)c(C(=O)O)s1. The van der Waals surface area contributed by atoms with Crippen LogP contribution in [0.5, 0.6) is 0 Å². The fraction of sp³-hybridized carbons (Fsp3) is 0.640. The van der Waals surface area contributed by atoms with Gasteiger partial charge in [-0.25, -0.2) is 4.79 Å². The molecule has 1 aliphatic heterocycles. The van der Waals surface area contributed by atoms with Crippen molar-refractivity contribution >= 4 is 34.8 Å². The van der Waals surface area contributed by atoms with E-state index >= 15 is 0 Å². The number of hydrogen-bond donors (Lipinski definition) is 1. The van der Waals surface area contributed by atoms with Gasteiger partial charge < -0.3 is 10.0 Å². The Morgan fingerprint density at radius 3 is 2.50 bits per heavy atom. The van der Waals surface area contributed by atoms with Gasteiger partial charge in [0.2, 0.25) is 11.8 Å². The molecule has 2 heterocycles. The molecular weight excluding hydrogens is 424 g/mol. The molecule has 1 saturated carbocycles. The van der Waals surface area contributed by atoms with Crippen LogP contribution in [0.15, 0.2) is 6.07 Å². The second-order valence-corrected chi connectivity index (χ2v) is 10.5. The predicted octanol–water partition coefficient (Wildman–Crippen LogP) is 4.62. The summed E-state index contributed by atoms with van der Waals surface area (Å²) in [5, 5.41) is 9.93. The predicted molar refractivity (Wildman–Crippen MR) is 127 cm³/mol.